The third-order valence-electron chi connectivity index (χ3n) is 17.3. The maximum Gasteiger partial charge on any atom is 0.169 e. The minimum atomic E-state index is -0.530. The highest BCUT2D eigenvalue weighted by molar-refractivity contribution is 5.94. The fourth-order valence-corrected chi connectivity index (χ4v) is 15.0. The van der Waals surface area contributed by atoms with Gasteiger partial charge in [0.05, 0.1) is 13.2 Å². The Labute approximate surface area is 304 Å². The third kappa shape index (κ3) is 5.19. The first-order valence-electron chi connectivity index (χ1n) is 20.4. The van der Waals surface area contributed by atoms with E-state index in [0.29, 0.717) is 80.1 Å². The first-order chi connectivity index (χ1) is 24.0. The SMILES string of the molecule is CC(=O)[C@H]1CC[C@H]2[C@@H]3CCC4=CC(=O)CC[C@]4(C)[C@H]3C(=O)C[C@]12C.CC1([C@H]2CC[C@H]3[C@@H]4CCC5=CC(=O)CC[C@]5(C)[C@H]4C(=O)C[C@]23C)OCCO1. The lowest BCUT2D eigenvalue weighted by atomic mass is 9.46. The van der Waals surface area contributed by atoms with Crippen LogP contribution < -0.4 is 0 Å². The molecule has 9 aliphatic rings. The summed E-state index contributed by atoms with van der Waals surface area (Å²) in [5.41, 5.74) is 2.09. The second-order valence-electron chi connectivity index (χ2n) is 19.6. The molecule has 9 rings (SSSR count). The second-order valence-corrected chi connectivity index (χ2v) is 19.6. The smallest absolute Gasteiger partial charge is 0.169 e. The van der Waals surface area contributed by atoms with E-state index in [-0.39, 0.29) is 56.8 Å². The molecule has 278 valence electrons. The number of carbonyl (C=O) groups is 5. The summed E-state index contributed by atoms with van der Waals surface area (Å²) in [4.78, 5) is 62.8. The van der Waals surface area contributed by atoms with Crippen molar-refractivity contribution in [3.05, 3.63) is 23.3 Å². The highest BCUT2D eigenvalue weighted by atomic mass is 16.7. The summed E-state index contributed by atoms with van der Waals surface area (Å²) in [5, 5.41) is 0. The van der Waals surface area contributed by atoms with Crippen molar-refractivity contribution in [3.63, 3.8) is 0 Å². The number of carbonyl (C=O) groups excluding carboxylic acids is 5. The molecule has 0 aromatic carbocycles. The van der Waals surface area contributed by atoms with E-state index >= 15 is 0 Å². The first kappa shape index (κ1) is 35.8. The van der Waals surface area contributed by atoms with Gasteiger partial charge in [0.2, 0.25) is 0 Å². The number of Topliss-reactive ketones (excluding diaryl/α,β-unsaturated/α-hetero) is 3. The van der Waals surface area contributed by atoms with E-state index < -0.39 is 5.79 Å². The van der Waals surface area contributed by atoms with Crippen LogP contribution in [0, 0.1) is 69.0 Å². The largest absolute Gasteiger partial charge is 0.348 e. The molecule has 12 atom stereocenters. The van der Waals surface area contributed by atoms with Gasteiger partial charge in [-0.05, 0) is 136 Å². The van der Waals surface area contributed by atoms with Gasteiger partial charge in [0.15, 0.2) is 17.4 Å². The summed E-state index contributed by atoms with van der Waals surface area (Å²) in [5.74, 6) is 3.40. The monoisotopic (exact) mass is 700 g/mol. The molecule has 1 saturated heterocycles. The highest BCUT2D eigenvalue weighted by Gasteiger charge is 2.66. The summed E-state index contributed by atoms with van der Waals surface area (Å²) in [7, 11) is 0. The average Bonchev–Trinajstić information content (AvgIpc) is 3.76. The number of allylic oxidation sites excluding steroid dienone is 2. The van der Waals surface area contributed by atoms with Crippen LogP contribution in [0.25, 0.3) is 0 Å². The lowest BCUT2D eigenvalue weighted by Crippen LogP contribution is -2.57. The van der Waals surface area contributed by atoms with Crippen LogP contribution in [0.1, 0.15) is 131 Å². The van der Waals surface area contributed by atoms with Crippen LogP contribution in [0.5, 0.6) is 0 Å². The standard InChI is InChI=1S/C23H32O4.C21H28O3/c1-21-9-8-15(24)12-14(21)4-5-16-17-6-7-19(23(3)26-10-11-27-23)22(17,2)13-18(25)20(16)21;1-12(22)16-6-7-17-15-5-4-13-10-14(23)8-9-20(13,2)19(15)18(24)11-21(16,17)3/h12,16-17,19-20H,4-11,13H2,1-3H3;10,15-17,19H,4-9,11H2,1-3H3/t16-,17-,19-,20+,21-,22-;15-,16+,17-,19+,20-,21+/m00/s1. The van der Waals surface area contributed by atoms with Crippen molar-refractivity contribution in [2.24, 2.45) is 69.0 Å². The molecule has 1 aliphatic heterocycles. The molecule has 0 bridgehead atoms. The Morgan fingerprint density at radius 1 is 0.627 bits per heavy atom. The van der Waals surface area contributed by atoms with E-state index in [1.54, 1.807) is 6.92 Å². The summed E-state index contributed by atoms with van der Waals surface area (Å²) in [6.07, 6.45) is 16.1. The van der Waals surface area contributed by atoms with E-state index in [9.17, 15) is 24.0 Å². The molecule has 0 N–H and O–H groups in total. The van der Waals surface area contributed by atoms with E-state index in [2.05, 4.69) is 34.6 Å². The lowest BCUT2D eigenvalue weighted by molar-refractivity contribution is -0.213. The fraction of sp³-hybridized carbons (Fsp3) is 0.795. The highest BCUT2D eigenvalue weighted by Crippen LogP contribution is 2.68. The first-order valence-corrected chi connectivity index (χ1v) is 20.4. The van der Waals surface area contributed by atoms with E-state index in [1.807, 2.05) is 12.2 Å². The zero-order valence-electron chi connectivity index (χ0n) is 31.9. The van der Waals surface area contributed by atoms with Crippen molar-refractivity contribution in [2.75, 3.05) is 13.2 Å². The molecular weight excluding hydrogens is 640 g/mol. The van der Waals surface area contributed by atoms with Gasteiger partial charge in [0, 0.05) is 49.4 Å². The molecular formula is C44H60O7. The summed E-state index contributed by atoms with van der Waals surface area (Å²) in [6, 6.07) is 0. The molecule has 0 aromatic rings. The summed E-state index contributed by atoms with van der Waals surface area (Å²) < 4.78 is 12.1. The molecule has 0 radical (unpaired) electrons. The Morgan fingerprint density at radius 2 is 1.10 bits per heavy atom. The maximum absolute atomic E-state index is 13.6. The Bertz CT molecular complexity index is 1610. The molecule has 6 saturated carbocycles. The van der Waals surface area contributed by atoms with Crippen molar-refractivity contribution >= 4 is 28.9 Å². The van der Waals surface area contributed by atoms with Gasteiger partial charge in [-0.1, -0.05) is 38.8 Å². The van der Waals surface area contributed by atoms with Crippen molar-refractivity contribution in [1.29, 1.82) is 0 Å². The number of ketones is 5. The molecule has 0 spiro atoms. The van der Waals surface area contributed by atoms with Crippen LogP contribution >= 0.6 is 0 Å². The zero-order valence-corrected chi connectivity index (χ0v) is 31.9. The molecule has 0 unspecified atom stereocenters. The van der Waals surface area contributed by atoms with E-state index in [0.717, 1.165) is 57.8 Å². The molecule has 0 aromatic heterocycles. The van der Waals surface area contributed by atoms with Crippen LogP contribution in [0.15, 0.2) is 23.3 Å². The minimum Gasteiger partial charge on any atom is -0.348 e. The van der Waals surface area contributed by atoms with Gasteiger partial charge in [-0.15, -0.1) is 0 Å². The molecule has 0 amide bonds. The topological polar surface area (TPSA) is 104 Å². The summed E-state index contributed by atoms with van der Waals surface area (Å²) in [6.45, 7) is 14.1. The summed E-state index contributed by atoms with van der Waals surface area (Å²) >= 11 is 0. The van der Waals surface area contributed by atoms with E-state index in [1.165, 1.54) is 17.6 Å². The molecule has 51 heavy (non-hydrogen) atoms. The van der Waals surface area contributed by atoms with Crippen molar-refractivity contribution in [1.82, 2.24) is 0 Å². The predicted octanol–water partition coefficient (Wildman–Crippen LogP) is 7.98. The fourth-order valence-electron chi connectivity index (χ4n) is 15.0. The number of rotatable bonds is 2. The number of hydrogen-bond donors (Lipinski definition) is 0. The van der Waals surface area contributed by atoms with Crippen LogP contribution in [0.4, 0.5) is 0 Å². The van der Waals surface area contributed by atoms with Crippen molar-refractivity contribution < 1.29 is 33.4 Å². The molecule has 1 heterocycles. The Hall–Kier alpha value is -2.25. The lowest BCUT2D eigenvalue weighted by Gasteiger charge is -2.57. The Kier molecular flexibility index (Phi) is 8.51. The maximum atomic E-state index is 13.6. The Balaban J connectivity index is 0.000000148. The van der Waals surface area contributed by atoms with Crippen LogP contribution in [-0.4, -0.2) is 47.9 Å². The number of fused-ring (bicyclic) bond motifs is 10. The predicted molar refractivity (Wildman–Crippen MR) is 192 cm³/mol. The molecule has 7 heteroatoms. The zero-order chi connectivity index (χ0) is 36.3. The van der Waals surface area contributed by atoms with Crippen molar-refractivity contribution in [2.45, 2.75) is 137 Å². The van der Waals surface area contributed by atoms with Gasteiger partial charge in [-0.25, -0.2) is 0 Å². The third-order valence-corrected chi connectivity index (χ3v) is 17.3. The Morgan fingerprint density at radius 3 is 1.61 bits per heavy atom. The number of hydrogen-bond acceptors (Lipinski definition) is 7. The van der Waals surface area contributed by atoms with Crippen LogP contribution in [-0.2, 0) is 33.4 Å². The van der Waals surface area contributed by atoms with Gasteiger partial charge < -0.3 is 9.47 Å². The van der Waals surface area contributed by atoms with Gasteiger partial charge >= 0.3 is 0 Å². The van der Waals surface area contributed by atoms with Crippen LogP contribution in [0.3, 0.4) is 0 Å². The van der Waals surface area contributed by atoms with Gasteiger partial charge in [-0.2, -0.15) is 0 Å². The average molecular weight is 701 g/mol. The van der Waals surface area contributed by atoms with Gasteiger partial charge in [0.1, 0.15) is 17.3 Å². The normalized spacial score (nSPS) is 48.1. The molecule has 8 aliphatic carbocycles. The second kappa shape index (κ2) is 12.1. The quantitative estimate of drug-likeness (QED) is 0.288. The van der Waals surface area contributed by atoms with E-state index in [4.69, 9.17) is 9.47 Å². The van der Waals surface area contributed by atoms with Gasteiger partial charge in [0.25, 0.3) is 0 Å². The van der Waals surface area contributed by atoms with Crippen LogP contribution in [0.2, 0.25) is 0 Å². The van der Waals surface area contributed by atoms with Crippen molar-refractivity contribution in [3.8, 4) is 0 Å². The van der Waals surface area contributed by atoms with Gasteiger partial charge in [-0.3, -0.25) is 24.0 Å². The number of ether oxygens (including phenoxy) is 2. The molecule has 7 fully saturated rings. The minimum absolute atomic E-state index is 0.0284. The molecule has 7 nitrogen and oxygen atoms in total.